The molecule has 1 amide bonds. The number of hydrogen-bond acceptors (Lipinski definition) is 8. The van der Waals surface area contributed by atoms with E-state index in [-0.39, 0.29) is 17.3 Å². The highest BCUT2D eigenvalue weighted by Crippen LogP contribution is 2.19. The molecule has 27 heavy (non-hydrogen) atoms. The maximum atomic E-state index is 12.1. The number of carbonyl (C=O) groups is 1. The Morgan fingerprint density at radius 2 is 2.15 bits per heavy atom. The van der Waals surface area contributed by atoms with Crippen molar-refractivity contribution in [2.24, 2.45) is 7.05 Å². The van der Waals surface area contributed by atoms with Gasteiger partial charge in [0, 0.05) is 38.0 Å². The minimum absolute atomic E-state index is 0.0680. The summed E-state index contributed by atoms with van der Waals surface area (Å²) in [6, 6.07) is 5.84. The number of thioether (sulfide) groups is 1. The monoisotopic (exact) mass is 392 g/mol. The largest absolute Gasteiger partial charge is 0.379 e. The van der Waals surface area contributed by atoms with Crippen LogP contribution in [0.3, 0.4) is 0 Å². The lowest BCUT2D eigenvalue weighted by molar-refractivity contribution is -0.384. The molecule has 0 spiro atoms. The first-order chi connectivity index (χ1) is 13.0. The van der Waals surface area contributed by atoms with Crippen molar-refractivity contribution in [2.45, 2.75) is 11.7 Å². The number of ether oxygens (including phenoxy) is 1. The molecule has 1 aromatic heterocycles. The summed E-state index contributed by atoms with van der Waals surface area (Å²) in [5, 5.41) is 22.4. The number of nitro benzene ring substituents is 1. The van der Waals surface area contributed by atoms with Gasteiger partial charge in [0.05, 0.1) is 30.4 Å². The lowest BCUT2D eigenvalue weighted by Gasteiger charge is -2.25. The lowest BCUT2D eigenvalue weighted by atomic mass is 10.3. The van der Waals surface area contributed by atoms with E-state index in [4.69, 9.17) is 4.74 Å². The van der Waals surface area contributed by atoms with Crippen molar-refractivity contribution in [3.8, 4) is 0 Å². The molecular weight excluding hydrogens is 372 g/mol. The standard InChI is InChI=1S/C16H20N6O4S/c1-20-14(10-21-5-7-26-8-6-21)18-19-16(20)27-11-15(23)17-12-3-2-4-13(9-12)22(24)25/h2-4,9H,5-8,10-11H2,1H3,(H,17,23). The Hall–Kier alpha value is -2.50. The van der Waals surface area contributed by atoms with Crippen molar-refractivity contribution in [1.82, 2.24) is 19.7 Å². The average molecular weight is 392 g/mol. The molecular formula is C16H20N6O4S. The number of rotatable bonds is 7. The molecule has 144 valence electrons. The zero-order chi connectivity index (χ0) is 19.2. The number of nitrogens with zero attached hydrogens (tertiary/aromatic N) is 5. The van der Waals surface area contributed by atoms with Crippen LogP contribution in [0.1, 0.15) is 5.82 Å². The summed E-state index contributed by atoms with van der Waals surface area (Å²) in [6.07, 6.45) is 0. The third-order valence-electron chi connectivity index (χ3n) is 4.07. The zero-order valence-electron chi connectivity index (χ0n) is 14.8. The fourth-order valence-electron chi connectivity index (χ4n) is 2.59. The van der Waals surface area contributed by atoms with Crippen LogP contribution in [0.15, 0.2) is 29.4 Å². The van der Waals surface area contributed by atoms with Crippen LogP contribution in [0.25, 0.3) is 0 Å². The van der Waals surface area contributed by atoms with E-state index in [0.717, 1.165) is 32.1 Å². The molecule has 1 N–H and O–H groups in total. The summed E-state index contributed by atoms with van der Waals surface area (Å²) in [7, 11) is 1.87. The molecule has 11 heteroatoms. The van der Waals surface area contributed by atoms with Gasteiger partial charge in [0.15, 0.2) is 5.16 Å². The fraction of sp³-hybridized carbons (Fsp3) is 0.438. The Morgan fingerprint density at radius 1 is 1.37 bits per heavy atom. The van der Waals surface area contributed by atoms with Crippen molar-refractivity contribution in [3.05, 3.63) is 40.2 Å². The third-order valence-corrected chi connectivity index (χ3v) is 5.09. The van der Waals surface area contributed by atoms with E-state index >= 15 is 0 Å². The Labute approximate surface area is 160 Å². The number of anilines is 1. The van der Waals surface area contributed by atoms with Gasteiger partial charge in [-0.25, -0.2) is 0 Å². The average Bonchev–Trinajstić information content (AvgIpc) is 3.01. The van der Waals surface area contributed by atoms with Gasteiger partial charge in [-0.2, -0.15) is 0 Å². The molecule has 2 aromatic rings. The van der Waals surface area contributed by atoms with Crippen LogP contribution in [-0.2, 0) is 23.1 Å². The first kappa shape index (κ1) is 19.3. The van der Waals surface area contributed by atoms with Crippen LogP contribution in [-0.4, -0.2) is 62.6 Å². The van der Waals surface area contributed by atoms with Gasteiger partial charge in [-0.1, -0.05) is 17.8 Å². The molecule has 0 unspecified atom stereocenters. The smallest absolute Gasteiger partial charge is 0.271 e. The van der Waals surface area contributed by atoms with E-state index in [9.17, 15) is 14.9 Å². The molecule has 0 saturated carbocycles. The molecule has 10 nitrogen and oxygen atoms in total. The molecule has 3 rings (SSSR count). The Kier molecular flexibility index (Phi) is 6.37. The van der Waals surface area contributed by atoms with Crippen molar-refractivity contribution in [3.63, 3.8) is 0 Å². The van der Waals surface area contributed by atoms with Crippen molar-refractivity contribution < 1.29 is 14.5 Å². The quantitative estimate of drug-likeness (QED) is 0.426. The lowest BCUT2D eigenvalue weighted by Crippen LogP contribution is -2.36. The Morgan fingerprint density at radius 3 is 2.89 bits per heavy atom. The van der Waals surface area contributed by atoms with Crippen molar-refractivity contribution in [2.75, 3.05) is 37.4 Å². The van der Waals surface area contributed by atoms with Crippen LogP contribution in [0.5, 0.6) is 0 Å². The summed E-state index contributed by atoms with van der Waals surface area (Å²) < 4.78 is 7.21. The van der Waals surface area contributed by atoms with Gasteiger partial charge in [-0.3, -0.25) is 19.8 Å². The molecule has 0 bridgehead atoms. The molecule has 1 saturated heterocycles. The van der Waals surface area contributed by atoms with Crippen LogP contribution in [0.2, 0.25) is 0 Å². The van der Waals surface area contributed by atoms with Crippen LogP contribution in [0.4, 0.5) is 11.4 Å². The molecule has 1 aromatic carbocycles. The van der Waals surface area contributed by atoms with E-state index in [2.05, 4.69) is 20.4 Å². The Bertz CT molecular complexity index is 821. The number of benzene rings is 1. The van der Waals surface area contributed by atoms with Gasteiger partial charge < -0.3 is 14.6 Å². The van der Waals surface area contributed by atoms with Gasteiger partial charge in [-0.15, -0.1) is 10.2 Å². The highest BCUT2D eigenvalue weighted by molar-refractivity contribution is 7.99. The predicted octanol–water partition coefficient (Wildman–Crippen LogP) is 1.29. The van der Waals surface area contributed by atoms with Gasteiger partial charge in [0.25, 0.3) is 5.69 Å². The van der Waals surface area contributed by atoms with E-state index in [0.29, 0.717) is 17.4 Å². The molecule has 0 radical (unpaired) electrons. The molecule has 1 aliphatic heterocycles. The Balaban J connectivity index is 1.53. The van der Waals surface area contributed by atoms with Gasteiger partial charge >= 0.3 is 0 Å². The van der Waals surface area contributed by atoms with Crippen LogP contribution >= 0.6 is 11.8 Å². The first-order valence-electron chi connectivity index (χ1n) is 8.38. The highest BCUT2D eigenvalue weighted by atomic mass is 32.2. The maximum absolute atomic E-state index is 12.1. The van der Waals surface area contributed by atoms with Gasteiger partial charge in [0.2, 0.25) is 5.91 Å². The van der Waals surface area contributed by atoms with Crippen molar-refractivity contribution in [1.29, 1.82) is 0 Å². The van der Waals surface area contributed by atoms with E-state index in [1.54, 1.807) is 6.07 Å². The SMILES string of the molecule is Cn1c(CN2CCOCC2)nnc1SCC(=O)Nc1cccc([N+](=O)[O-])c1. The number of amides is 1. The second kappa shape index (κ2) is 8.93. The fourth-order valence-corrected chi connectivity index (χ4v) is 3.32. The predicted molar refractivity (Wildman–Crippen MR) is 99.5 cm³/mol. The number of nitrogens with one attached hydrogen (secondary N) is 1. The van der Waals surface area contributed by atoms with Gasteiger partial charge in [-0.05, 0) is 6.07 Å². The molecule has 1 fully saturated rings. The summed E-state index contributed by atoms with van der Waals surface area (Å²) in [4.78, 5) is 24.7. The van der Waals surface area contributed by atoms with E-state index in [1.807, 2.05) is 11.6 Å². The van der Waals surface area contributed by atoms with Crippen LogP contribution < -0.4 is 5.32 Å². The van der Waals surface area contributed by atoms with E-state index in [1.165, 1.54) is 30.0 Å². The highest BCUT2D eigenvalue weighted by Gasteiger charge is 2.17. The minimum atomic E-state index is -0.500. The molecule has 0 aliphatic carbocycles. The summed E-state index contributed by atoms with van der Waals surface area (Å²) in [6.45, 7) is 3.85. The summed E-state index contributed by atoms with van der Waals surface area (Å²) in [5.74, 6) is 0.698. The van der Waals surface area contributed by atoms with Crippen LogP contribution in [0, 0.1) is 10.1 Å². The normalized spacial score (nSPS) is 14.9. The molecule has 1 aliphatic rings. The minimum Gasteiger partial charge on any atom is -0.379 e. The molecule has 0 atom stereocenters. The first-order valence-corrected chi connectivity index (χ1v) is 9.37. The number of non-ortho nitro benzene ring substituents is 1. The van der Waals surface area contributed by atoms with Crippen molar-refractivity contribution >= 4 is 29.0 Å². The second-order valence-electron chi connectivity index (χ2n) is 5.99. The second-order valence-corrected chi connectivity index (χ2v) is 6.93. The topological polar surface area (TPSA) is 115 Å². The third kappa shape index (κ3) is 5.25. The number of carbonyl (C=O) groups excluding carboxylic acids is 1. The summed E-state index contributed by atoms with van der Waals surface area (Å²) >= 11 is 1.27. The molecule has 2 heterocycles. The number of hydrogen-bond donors (Lipinski definition) is 1. The number of aromatic nitrogens is 3. The van der Waals surface area contributed by atoms with E-state index < -0.39 is 4.92 Å². The number of nitro groups is 1. The summed E-state index contributed by atoms with van der Waals surface area (Å²) in [5.41, 5.74) is 0.322. The number of morpholine rings is 1. The van der Waals surface area contributed by atoms with Gasteiger partial charge in [0.1, 0.15) is 5.82 Å². The maximum Gasteiger partial charge on any atom is 0.271 e. The zero-order valence-corrected chi connectivity index (χ0v) is 15.6.